The summed E-state index contributed by atoms with van der Waals surface area (Å²) in [5.74, 6) is -0.325. The number of esters is 1. The zero-order valence-electron chi connectivity index (χ0n) is 11.6. The van der Waals surface area contributed by atoms with Gasteiger partial charge in [0.15, 0.2) is 0 Å². The third kappa shape index (κ3) is 3.70. The fourth-order valence-electron chi connectivity index (χ4n) is 2.36. The van der Waals surface area contributed by atoms with Crippen molar-refractivity contribution in [3.8, 4) is 0 Å². The van der Waals surface area contributed by atoms with E-state index in [2.05, 4.69) is 5.32 Å². The predicted octanol–water partition coefficient (Wildman–Crippen LogP) is 0.786. The van der Waals surface area contributed by atoms with Crippen LogP contribution in [0.5, 0.6) is 0 Å². The first-order valence-electron chi connectivity index (χ1n) is 6.73. The summed E-state index contributed by atoms with van der Waals surface area (Å²) < 4.78 is 5.05. The number of hydrogen-bond acceptors (Lipinski definition) is 4. The molecule has 0 aromatic rings. The Bertz CT molecular complexity index is 294. The molecule has 5 nitrogen and oxygen atoms in total. The third-order valence-electron chi connectivity index (χ3n) is 3.28. The van der Waals surface area contributed by atoms with Crippen LogP contribution in [0.1, 0.15) is 33.1 Å². The number of likely N-dealkylation sites (tertiary alicyclic amines) is 1. The lowest BCUT2D eigenvalue weighted by atomic mass is 9.99. The second-order valence-corrected chi connectivity index (χ2v) is 4.75. The third-order valence-corrected chi connectivity index (χ3v) is 3.28. The molecule has 1 aliphatic rings. The van der Waals surface area contributed by atoms with Gasteiger partial charge in [-0.1, -0.05) is 6.92 Å². The van der Waals surface area contributed by atoms with E-state index in [4.69, 9.17) is 4.74 Å². The van der Waals surface area contributed by atoms with Crippen LogP contribution in [-0.4, -0.2) is 49.6 Å². The van der Waals surface area contributed by atoms with Gasteiger partial charge < -0.3 is 15.0 Å². The van der Waals surface area contributed by atoms with E-state index in [1.54, 1.807) is 11.8 Å². The van der Waals surface area contributed by atoms with Crippen molar-refractivity contribution < 1.29 is 14.3 Å². The summed E-state index contributed by atoms with van der Waals surface area (Å²) in [6.45, 7) is 5.33. The maximum atomic E-state index is 12.3. The van der Waals surface area contributed by atoms with Crippen LogP contribution in [0.15, 0.2) is 0 Å². The second-order valence-electron chi connectivity index (χ2n) is 4.75. The number of carbonyl (C=O) groups is 2. The standard InChI is InChI=1S/C13H24N2O3/c1-4-18-13(17)11-7-5-6-8-15(11)12(16)10(2)9-14-3/h10-11,14H,4-9H2,1-3H3. The molecule has 0 aromatic heterocycles. The molecule has 0 aliphatic carbocycles. The molecule has 0 spiro atoms. The predicted molar refractivity (Wildman–Crippen MR) is 69.1 cm³/mol. The number of amides is 1. The van der Waals surface area contributed by atoms with Crippen LogP contribution < -0.4 is 5.32 Å². The highest BCUT2D eigenvalue weighted by atomic mass is 16.5. The average Bonchev–Trinajstić information content (AvgIpc) is 2.38. The van der Waals surface area contributed by atoms with Gasteiger partial charge in [0.1, 0.15) is 6.04 Å². The highest BCUT2D eigenvalue weighted by Gasteiger charge is 2.34. The number of hydrogen-bond donors (Lipinski definition) is 1. The molecule has 1 amide bonds. The van der Waals surface area contributed by atoms with E-state index >= 15 is 0 Å². The molecule has 0 aromatic carbocycles. The van der Waals surface area contributed by atoms with Crippen molar-refractivity contribution in [3.63, 3.8) is 0 Å². The Morgan fingerprint density at radius 2 is 2.17 bits per heavy atom. The zero-order valence-corrected chi connectivity index (χ0v) is 11.6. The summed E-state index contributed by atoms with van der Waals surface area (Å²) in [5, 5.41) is 2.99. The number of nitrogens with zero attached hydrogens (tertiary/aromatic N) is 1. The maximum Gasteiger partial charge on any atom is 0.328 e. The molecule has 104 valence electrons. The van der Waals surface area contributed by atoms with E-state index in [9.17, 15) is 9.59 Å². The van der Waals surface area contributed by atoms with Gasteiger partial charge in [0.05, 0.1) is 6.61 Å². The smallest absolute Gasteiger partial charge is 0.328 e. The first-order valence-corrected chi connectivity index (χ1v) is 6.73. The lowest BCUT2D eigenvalue weighted by Crippen LogP contribution is -2.51. The van der Waals surface area contributed by atoms with Crippen molar-refractivity contribution in [1.29, 1.82) is 0 Å². The summed E-state index contributed by atoms with van der Waals surface area (Å²) in [5.41, 5.74) is 0. The maximum absolute atomic E-state index is 12.3. The van der Waals surface area contributed by atoms with Gasteiger partial charge >= 0.3 is 5.97 Å². The molecule has 0 radical (unpaired) electrons. The van der Waals surface area contributed by atoms with Gasteiger partial charge in [-0.15, -0.1) is 0 Å². The fraction of sp³-hybridized carbons (Fsp3) is 0.846. The summed E-state index contributed by atoms with van der Waals surface area (Å²) in [6.07, 6.45) is 2.67. The molecule has 18 heavy (non-hydrogen) atoms. The van der Waals surface area contributed by atoms with Crippen LogP contribution in [0.2, 0.25) is 0 Å². The molecular weight excluding hydrogens is 232 g/mol. The normalized spacial score (nSPS) is 21.5. The molecular formula is C13H24N2O3. The zero-order chi connectivity index (χ0) is 13.5. The second kappa shape index (κ2) is 7.36. The molecule has 1 fully saturated rings. The van der Waals surface area contributed by atoms with Gasteiger partial charge in [-0.25, -0.2) is 4.79 Å². The van der Waals surface area contributed by atoms with E-state index < -0.39 is 0 Å². The Labute approximate surface area is 109 Å². The first kappa shape index (κ1) is 15.0. The largest absolute Gasteiger partial charge is 0.464 e. The van der Waals surface area contributed by atoms with Gasteiger partial charge in [0.25, 0.3) is 0 Å². The van der Waals surface area contributed by atoms with Crippen LogP contribution >= 0.6 is 0 Å². The van der Waals surface area contributed by atoms with E-state index in [1.165, 1.54) is 0 Å². The Morgan fingerprint density at radius 1 is 1.44 bits per heavy atom. The number of rotatable bonds is 5. The number of ether oxygens (including phenoxy) is 1. The Kier molecular flexibility index (Phi) is 6.12. The molecule has 2 atom stereocenters. The molecule has 1 aliphatic heterocycles. The van der Waals surface area contributed by atoms with Gasteiger partial charge in [0.2, 0.25) is 5.91 Å². The highest BCUT2D eigenvalue weighted by Crippen LogP contribution is 2.20. The first-order chi connectivity index (χ1) is 8.61. The van der Waals surface area contributed by atoms with Crippen molar-refractivity contribution in [3.05, 3.63) is 0 Å². The van der Waals surface area contributed by atoms with Crippen LogP contribution in [0, 0.1) is 5.92 Å². The fourth-order valence-corrected chi connectivity index (χ4v) is 2.36. The van der Waals surface area contributed by atoms with Crippen molar-refractivity contribution in [1.82, 2.24) is 10.2 Å². The van der Waals surface area contributed by atoms with Crippen LogP contribution in [0.3, 0.4) is 0 Å². The molecule has 0 bridgehead atoms. The highest BCUT2D eigenvalue weighted by molar-refractivity contribution is 5.86. The Hall–Kier alpha value is -1.10. The minimum atomic E-state index is -0.384. The monoisotopic (exact) mass is 256 g/mol. The summed E-state index contributed by atoms with van der Waals surface area (Å²) >= 11 is 0. The molecule has 0 saturated carbocycles. The average molecular weight is 256 g/mol. The minimum absolute atomic E-state index is 0.0436. The van der Waals surface area contributed by atoms with Gasteiger partial charge in [0, 0.05) is 19.0 Å². The van der Waals surface area contributed by atoms with Gasteiger partial charge in [-0.2, -0.15) is 0 Å². The molecule has 5 heteroatoms. The van der Waals surface area contributed by atoms with Crippen molar-refractivity contribution in [2.75, 3.05) is 26.7 Å². The summed E-state index contributed by atoms with van der Waals surface area (Å²) in [7, 11) is 1.82. The van der Waals surface area contributed by atoms with Crippen molar-refractivity contribution in [2.24, 2.45) is 5.92 Å². The van der Waals surface area contributed by atoms with Crippen LogP contribution in [-0.2, 0) is 14.3 Å². The van der Waals surface area contributed by atoms with Crippen LogP contribution in [0.4, 0.5) is 0 Å². The Balaban J connectivity index is 2.69. The molecule has 1 saturated heterocycles. The lowest BCUT2D eigenvalue weighted by Gasteiger charge is -2.35. The quantitative estimate of drug-likeness (QED) is 0.739. The lowest BCUT2D eigenvalue weighted by molar-refractivity contribution is -0.157. The number of piperidine rings is 1. The Morgan fingerprint density at radius 3 is 2.78 bits per heavy atom. The summed E-state index contributed by atoms with van der Waals surface area (Å²) in [4.78, 5) is 25.8. The van der Waals surface area contributed by atoms with Crippen LogP contribution in [0.25, 0.3) is 0 Å². The van der Waals surface area contributed by atoms with Crippen molar-refractivity contribution >= 4 is 11.9 Å². The topological polar surface area (TPSA) is 58.6 Å². The summed E-state index contributed by atoms with van der Waals surface area (Å²) in [6, 6.07) is -0.384. The van der Waals surface area contributed by atoms with Gasteiger partial charge in [-0.3, -0.25) is 4.79 Å². The molecule has 1 heterocycles. The molecule has 2 unspecified atom stereocenters. The number of carbonyl (C=O) groups excluding carboxylic acids is 2. The van der Waals surface area contributed by atoms with E-state index in [0.29, 0.717) is 19.7 Å². The SMILES string of the molecule is CCOC(=O)C1CCCCN1C(=O)C(C)CNC. The molecule has 1 N–H and O–H groups in total. The minimum Gasteiger partial charge on any atom is -0.464 e. The molecule has 1 rings (SSSR count). The van der Waals surface area contributed by atoms with E-state index in [1.807, 2.05) is 14.0 Å². The van der Waals surface area contributed by atoms with Gasteiger partial charge in [-0.05, 0) is 33.2 Å². The van der Waals surface area contributed by atoms with E-state index in [0.717, 1.165) is 19.3 Å². The van der Waals surface area contributed by atoms with E-state index in [-0.39, 0.29) is 23.8 Å². The number of nitrogens with one attached hydrogen (secondary N) is 1. The van der Waals surface area contributed by atoms with Crippen molar-refractivity contribution in [2.45, 2.75) is 39.2 Å².